The van der Waals surface area contributed by atoms with Crippen molar-refractivity contribution in [1.29, 1.82) is 0 Å². The number of fused-ring (bicyclic) bond motifs is 2. The number of amides is 2. The minimum atomic E-state index is -0.0957. The second-order valence-electron chi connectivity index (χ2n) is 8.97. The van der Waals surface area contributed by atoms with Gasteiger partial charge in [0.15, 0.2) is 0 Å². The Hall–Kier alpha value is -2.62. The van der Waals surface area contributed by atoms with Crippen LogP contribution in [0.15, 0.2) is 60.7 Å². The lowest BCUT2D eigenvalue weighted by atomic mass is 9.69. The lowest BCUT2D eigenvalue weighted by Gasteiger charge is -2.40. The van der Waals surface area contributed by atoms with E-state index in [1.807, 2.05) is 60.7 Å². The van der Waals surface area contributed by atoms with E-state index >= 15 is 0 Å². The summed E-state index contributed by atoms with van der Waals surface area (Å²) in [4.78, 5) is 25.8. The first-order chi connectivity index (χ1) is 13.3. The van der Waals surface area contributed by atoms with E-state index in [0.29, 0.717) is 17.0 Å². The average Bonchev–Trinajstić information content (AvgIpc) is 3.02. The fourth-order valence-corrected chi connectivity index (χ4v) is 5.45. The maximum atomic E-state index is 12.9. The van der Waals surface area contributed by atoms with Crippen LogP contribution in [0.4, 0.5) is 0 Å². The Kier molecular flexibility index (Phi) is 4.53. The van der Waals surface area contributed by atoms with Gasteiger partial charge >= 0.3 is 0 Å². The lowest BCUT2D eigenvalue weighted by Crippen LogP contribution is -2.57. The summed E-state index contributed by atoms with van der Waals surface area (Å²) in [6.45, 7) is 6.82. The summed E-state index contributed by atoms with van der Waals surface area (Å²) in [5.41, 5.74) is 1.29. The van der Waals surface area contributed by atoms with Crippen LogP contribution in [-0.2, 0) is 0 Å². The number of nitrogens with one attached hydrogen (secondary N) is 2. The van der Waals surface area contributed by atoms with Crippen molar-refractivity contribution in [2.24, 2.45) is 16.7 Å². The number of benzene rings is 2. The third kappa shape index (κ3) is 2.83. The zero-order valence-corrected chi connectivity index (χ0v) is 16.7. The van der Waals surface area contributed by atoms with Gasteiger partial charge in [0.05, 0.1) is 12.1 Å². The van der Waals surface area contributed by atoms with Gasteiger partial charge in [-0.2, -0.15) is 0 Å². The van der Waals surface area contributed by atoms with Crippen LogP contribution in [0.5, 0.6) is 0 Å². The molecule has 0 radical (unpaired) electrons. The van der Waals surface area contributed by atoms with Gasteiger partial charge in [0.25, 0.3) is 11.8 Å². The first-order valence-electron chi connectivity index (χ1n) is 10.1. The molecule has 0 unspecified atom stereocenters. The molecule has 146 valence electrons. The fourth-order valence-electron chi connectivity index (χ4n) is 5.45. The van der Waals surface area contributed by atoms with Crippen molar-refractivity contribution in [2.75, 3.05) is 0 Å². The van der Waals surface area contributed by atoms with Crippen molar-refractivity contribution >= 4 is 11.8 Å². The molecule has 2 N–H and O–H groups in total. The normalized spacial score (nSPS) is 30.0. The minimum absolute atomic E-state index is 0.0380. The van der Waals surface area contributed by atoms with E-state index in [9.17, 15) is 9.59 Å². The van der Waals surface area contributed by atoms with Gasteiger partial charge in [0.2, 0.25) is 0 Å². The fraction of sp³-hybridized carbons (Fsp3) is 0.417. The highest BCUT2D eigenvalue weighted by Gasteiger charge is 2.66. The molecule has 0 saturated heterocycles. The molecule has 2 fully saturated rings. The van der Waals surface area contributed by atoms with E-state index in [4.69, 9.17) is 0 Å². The molecule has 2 aromatic rings. The third-order valence-electron chi connectivity index (χ3n) is 7.51. The van der Waals surface area contributed by atoms with Gasteiger partial charge in [0, 0.05) is 11.1 Å². The Morgan fingerprint density at radius 1 is 0.821 bits per heavy atom. The summed E-state index contributed by atoms with van der Waals surface area (Å²) >= 11 is 0. The first-order valence-corrected chi connectivity index (χ1v) is 10.1. The molecule has 0 spiro atoms. The summed E-state index contributed by atoms with van der Waals surface area (Å²) in [6.07, 6.45) is 2.13. The topological polar surface area (TPSA) is 58.2 Å². The molecular formula is C24H28N2O2. The van der Waals surface area contributed by atoms with E-state index in [-0.39, 0.29) is 34.7 Å². The van der Waals surface area contributed by atoms with Crippen LogP contribution in [0.1, 0.15) is 54.3 Å². The van der Waals surface area contributed by atoms with E-state index in [1.165, 1.54) is 0 Å². The Balaban J connectivity index is 1.62. The van der Waals surface area contributed by atoms with Gasteiger partial charge in [-0.1, -0.05) is 57.2 Å². The molecule has 4 atom stereocenters. The van der Waals surface area contributed by atoms with Crippen LogP contribution in [-0.4, -0.2) is 23.9 Å². The molecular weight excluding hydrogens is 348 g/mol. The summed E-state index contributed by atoms with van der Waals surface area (Å²) in [5.74, 6) is 0.192. The van der Waals surface area contributed by atoms with Crippen LogP contribution in [0.3, 0.4) is 0 Å². The van der Waals surface area contributed by atoms with E-state index in [0.717, 1.165) is 12.8 Å². The number of rotatable bonds is 4. The molecule has 4 rings (SSSR count). The van der Waals surface area contributed by atoms with Gasteiger partial charge < -0.3 is 10.6 Å². The first kappa shape index (κ1) is 18.7. The molecule has 28 heavy (non-hydrogen) atoms. The molecule has 2 amide bonds. The Bertz CT molecular complexity index is 878. The molecule has 2 aliphatic rings. The Morgan fingerprint density at radius 3 is 1.86 bits per heavy atom. The highest BCUT2D eigenvalue weighted by Crippen LogP contribution is 2.65. The van der Waals surface area contributed by atoms with Crippen LogP contribution in [0.25, 0.3) is 0 Å². The quantitative estimate of drug-likeness (QED) is 0.846. The Morgan fingerprint density at radius 2 is 1.32 bits per heavy atom. The summed E-state index contributed by atoms with van der Waals surface area (Å²) in [5, 5.41) is 6.54. The molecule has 0 heterocycles. The summed E-state index contributed by atoms with van der Waals surface area (Å²) in [6, 6.07) is 18.4. The van der Waals surface area contributed by atoms with Crippen molar-refractivity contribution in [3.63, 3.8) is 0 Å². The Labute approximate surface area is 166 Å². The van der Waals surface area contributed by atoms with Crippen LogP contribution in [0.2, 0.25) is 0 Å². The zero-order valence-electron chi connectivity index (χ0n) is 16.7. The van der Waals surface area contributed by atoms with Crippen molar-refractivity contribution in [1.82, 2.24) is 10.6 Å². The second-order valence-corrected chi connectivity index (χ2v) is 8.97. The van der Waals surface area contributed by atoms with Crippen molar-refractivity contribution in [3.8, 4) is 0 Å². The summed E-state index contributed by atoms with van der Waals surface area (Å²) in [7, 11) is 0. The van der Waals surface area contributed by atoms with Gasteiger partial charge in [0.1, 0.15) is 0 Å². The van der Waals surface area contributed by atoms with Crippen molar-refractivity contribution < 1.29 is 9.59 Å². The molecule has 2 saturated carbocycles. The number of carbonyl (C=O) groups is 2. The predicted molar refractivity (Wildman–Crippen MR) is 110 cm³/mol. The predicted octanol–water partition coefficient (Wildman–Crippen LogP) is 4.04. The monoisotopic (exact) mass is 376 g/mol. The van der Waals surface area contributed by atoms with Crippen LogP contribution >= 0.6 is 0 Å². The lowest BCUT2D eigenvalue weighted by molar-refractivity contribution is 0.0781. The highest BCUT2D eigenvalue weighted by atomic mass is 16.2. The molecule has 0 aliphatic heterocycles. The average molecular weight is 377 g/mol. The molecule has 2 aromatic carbocycles. The minimum Gasteiger partial charge on any atom is -0.347 e. The van der Waals surface area contributed by atoms with E-state index in [2.05, 4.69) is 31.4 Å². The molecule has 2 aliphatic carbocycles. The highest BCUT2D eigenvalue weighted by molar-refractivity contribution is 5.95. The largest absolute Gasteiger partial charge is 0.347 e. The van der Waals surface area contributed by atoms with Gasteiger partial charge in [-0.3, -0.25) is 9.59 Å². The van der Waals surface area contributed by atoms with Crippen molar-refractivity contribution in [3.05, 3.63) is 71.8 Å². The van der Waals surface area contributed by atoms with Crippen LogP contribution in [0, 0.1) is 16.7 Å². The SMILES string of the molecule is CC1(C)[C@H]2CC[C@@]1(C)[C@@H](NC(=O)c1ccccc1)[C@@H]2NC(=O)c1ccccc1. The maximum absolute atomic E-state index is 12.9. The van der Waals surface area contributed by atoms with E-state index < -0.39 is 0 Å². The molecule has 4 heteroatoms. The molecule has 2 bridgehead atoms. The number of hydrogen-bond donors (Lipinski definition) is 2. The smallest absolute Gasteiger partial charge is 0.251 e. The van der Waals surface area contributed by atoms with Gasteiger partial charge in [-0.15, -0.1) is 0 Å². The maximum Gasteiger partial charge on any atom is 0.251 e. The van der Waals surface area contributed by atoms with Crippen LogP contribution < -0.4 is 10.6 Å². The van der Waals surface area contributed by atoms with Gasteiger partial charge in [-0.05, 0) is 53.9 Å². The van der Waals surface area contributed by atoms with E-state index in [1.54, 1.807) is 0 Å². The summed E-state index contributed by atoms with van der Waals surface area (Å²) < 4.78 is 0. The number of hydrogen-bond acceptors (Lipinski definition) is 2. The van der Waals surface area contributed by atoms with Gasteiger partial charge in [-0.25, -0.2) is 0 Å². The zero-order chi connectivity index (χ0) is 19.9. The molecule has 4 nitrogen and oxygen atoms in total. The standard InChI is InChI=1S/C24H28N2O2/c1-23(2)18-14-15-24(23,3)20(26-22(28)17-12-8-5-9-13-17)19(18)25-21(27)16-10-6-4-7-11-16/h4-13,18-20H,14-15H2,1-3H3,(H,25,27)(H,26,28)/t18-,19+,20-,24-/m0/s1. The third-order valence-corrected chi connectivity index (χ3v) is 7.51. The number of carbonyl (C=O) groups excluding carboxylic acids is 2. The second kappa shape index (κ2) is 6.77. The van der Waals surface area contributed by atoms with Crippen molar-refractivity contribution in [2.45, 2.75) is 45.7 Å². The molecule has 0 aromatic heterocycles.